The second-order valence-electron chi connectivity index (χ2n) is 3.81. The Labute approximate surface area is 137 Å². The van der Waals surface area contributed by atoms with E-state index >= 15 is 0 Å². The third kappa shape index (κ3) is 3.55. The predicted octanol–water partition coefficient (Wildman–Crippen LogP) is 5.23. The van der Waals surface area contributed by atoms with Gasteiger partial charge < -0.3 is 5.32 Å². The van der Waals surface area contributed by atoms with Crippen LogP contribution in [-0.2, 0) is 0 Å². The molecule has 0 aliphatic heterocycles. The smallest absolute Gasteiger partial charge is 0.275 e. The average Bonchev–Trinajstić information content (AvgIpc) is 2.39. The first-order valence-corrected chi connectivity index (χ1v) is 6.78. The molecular weight excluding hydrogens is 368 g/mol. The molecule has 0 aliphatic carbocycles. The van der Waals surface area contributed by atoms with E-state index in [2.05, 4.69) is 10.3 Å². The van der Waals surface area contributed by atoms with Crippen molar-refractivity contribution in [3.05, 3.63) is 55.7 Å². The monoisotopic (exact) mass is 370 g/mol. The van der Waals surface area contributed by atoms with E-state index in [1.165, 1.54) is 0 Å². The van der Waals surface area contributed by atoms with Gasteiger partial charge in [-0.15, -0.1) is 0 Å². The Hall–Kier alpha value is -1.14. The lowest BCUT2D eigenvalue weighted by atomic mass is 10.2. The van der Waals surface area contributed by atoms with Crippen LogP contribution >= 0.6 is 46.4 Å². The first kappa shape index (κ1) is 16.2. The molecule has 1 aromatic carbocycles. The van der Waals surface area contributed by atoms with Crippen molar-refractivity contribution in [1.82, 2.24) is 4.98 Å². The van der Waals surface area contributed by atoms with E-state index in [-0.39, 0.29) is 31.6 Å². The van der Waals surface area contributed by atoms with E-state index in [0.717, 1.165) is 12.1 Å². The molecule has 1 N–H and O–H groups in total. The van der Waals surface area contributed by atoms with Gasteiger partial charge in [0.1, 0.15) is 22.5 Å². The fourth-order valence-electron chi connectivity index (χ4n) is 1.45. The third-order valence-corrected chi connectivity index (χ3v) is 4.00. The van der Waals surface area contributed by atoms with Crippen LogP contribution in [0.3, 0.4) is 0 Å². The van der Waals surface area contributed by atoms with E-state index in [1.54, 1.807) is 0 Å². The number of aromatic nitrogens is 1. The van der Waals surface area contributed by atoms with Crippen molar-refractivity contribution in [3.8, 4) is 0 Å². The Morgan fingerprint density at radius 1 is 0.952 bits per heavy atom. The van der Waals surface area contributed by atoms with Gasteiger partial charge in [-0.1, -0.05) is 46.4 Å². The van der Waals surface area contributed by atoms with Gasteiger partial charge in [-0.25, -0.2) is 13.8 Å². The number of pyridine rings is 1. The molecule has 0 aliphatic rings. The maximum absolute atomic E-state index is 13.0. The summed E-state index contributed by atoms with van der Waals surface area (Å²) in [5.41, 5.74) is -0.432. The van der Waals surface area contributed by atoms with Crippen LogP contribution in [0, 0.1) is 11.6 Å². The lowest BCUT2D eigenvalue weighted by Gasteiger charge is -2.09. The highest BCUT2D eigenvalue weighted by Gasteiger charge is 2.20. The van der Waals surface area contributed by atoms with Gasteiger partial charge >= 0.3 is 0 Å². The molecule has 0 fully saturated rings. The summed E-state index contributed by atoms with van der Waals surface area (Å²) in [4.78, 5) is 15.7. The molecule has 2 rings (SSSR count). The molecule has 1 amide bonds. The van der Waals surface area contributed by atoms with Crippen molar-refractivity contribution >= 4 is 58.0 Å². The maximum Gasteiger partial charge on any atom is 0.275 e. The fraction of sp³-hybridized carbons (Fsp3) is 0. The normalized spacial score (nSPS) is 10.6. The van der Waals surface area contributed by atoms with Gasteiger partial charge in [-0.3, -0.25) is 4.79 Å². The summed E-state index contributed by atoms with van der Waals surface area (Å²) in [6.07, 6.45) is 0. The molecular formula is C12H4Cl4F2N2O. The second kappa shape index (κ2) is 6.32. The zero-order chi connectivity index (χ0) is 15.7. The van der Waals surface area contributed by atoms with Crippen molar-refractivity contribution < 1.29 is 13.6 Å². The van der Waals surface area contributed by atoms with Crippen LogP contribution in [0.5, 0.6) is 0 Å². The van der Waals surface area contributed by atoms with Crippen LogP contribution in [0.4, 0.5) is 14.5 Å². The maximum atomic E-state index is 13.0. The molecule has 3 nitrogen and oxygen atoms in total. The standard InChI is InChI=1S/C12H4Cl4F2N2O/c13-7-8(14)10(20-11(16)9(7)15)12(21)19-6-2-4(17)1-5(18)3-6/h1-3H,(H,19,21). The molecule has 0 unspecified atom stereocenters. The minimum absolute atomic E-state index is 0.100. The first-order valence-electron chi connectivity index (χ1n) is 5.27. The molecule has 0 radical (unpaired) electrons. The summed E-state index contributed by atoms with van der Waals surface area (Å²) in [6, 6.07) is 2.51. The average molecular weight is 372 g/mol. The van der Waals surface area contributed by atoms with E-state index in [4.69, 9.17) is 46.4 Å². The van der Waals surface area contributed by atoms with E-state index in [0.29, 0.717) is 6.07 Å². The molecule has 1 heterocycles. The molecule has 0 atom stereocenters. The minimum Gasteiger partial charge on any atom is -0.320 e. The molecule has 0 saturated heterocycles. The lowest BCUT2D eigenvalue weighted by molar-refractivity contribution is 0.102. The van der Waals surface area contributed by atoms with Crippen molar-refractivity contribution in [2.24, 2.45) is 0 Å². The molecule has 9 heteroatoms. The van der Waals surface area contributed by atoms with Crippen molar-refractivity contribution in [1.29, 1.82) is 0 Å². The van der Waals surface area contributed by atoms with Gasteiger partial charge in [0.15, 0.2) is 0 Å². The van der Waals surface area contributed by atoms with Crippen molar-refractivity contribution in [3.63, 3.8) is 0 Å². The number of carbonyl (C=O) groups excluding carboxylic acids is 1. The molecule has 0 bridgehead atoms. The lowest BCUT2D eigenvalue weighted by Crippen LogP contribution is -2.15. The molecule has 1 aromatic heterocycles. The highest BCUT2D eigenvalue weighted by molar-refractivity contribution is 6.52. The van der Waals surface area contributed by atoms with Gasteiger partial charge in [0.25, 0.3) is 5.91 Å². The van der Waals surface area contributed by atoms with Crippen LogP contribution in [0.1, 0.15) is 10.5 Å². The molecule has 0 spiro atoms. The van der Waals surface area contributed by atoms with Gasteiger partial charge in [0.05, 0.1) is 15.1 Å². The van der Waals surface area contributed by atoms with E-state index in [9.17, 15) is 13.6 Å². The van der Waals surface area contributed by atoms with Gasteiger partial charge in [0.2, 0.25) is 0 Å². The number of rotatable bonds is 2. The number of halogens is 6. The number of nitrogens with one attached hydrogen (secondary N) is 1. The number of anilines is 1. The van der Waals surface area contributed by atoms with Gasteiger partial charge in [0, 0.05) is 11.8 Å². The van der Waals surface area contributed by atoms with Crippen LogP contribution in [0.15, 0.2) is 18.2 Å². The van der Waals surface area contributed by atoms with Gasteiger partial charge in [-0.05, 0) is 12.1 Å². The highest BCUT2D eigenvalue weighted by Crippen LogP contribution is 2.36. The first-order chi connectivity index (χ1) is 9.79. The Morgan fingerprint density at radius 2 is 1.52 bits per heavy atom. The highest BCUT2D eigenvalue weighted by atomic mass is 35.5. The Morgan fingerprint density at radius 3 is 2.10 bits per heavy atom. The van der Waals surface area contributed by atoms with E-state index in [1.807, 2.05) is 0 Å². The van der Waals surface area contributed by atoms with Crippen LogP contribution in [0.2, 0.25) is 20.2 Å². The second-order valence-corrected chi connectivity index (χ2v) is 5.30. The van der Waals surface area contributed by atoms with E-state index < -0.39 is 17.5 Å². The fourth-order valence-corrected chi connectivity index (χ4v) is 2.27. The topological polar surface area (TPSA) is 42.0 Å². The van der Waals surface area contributed by atoms with Crippen molar-refractivity contribution in [2.75, 3.05) is 5.32 Å². The summed E-state index contributed by atoms with van der Waals surface area (Å²) in [7, 11) is 0. The Bertz CT molecular complexity index is 719. The number of benzene rings is 1. The Kier molecular flexibility index (Phi) is 4.88. The Balaban J connectivity index is 2.37. The largest absolute Gasteiger partial charge is 0.320 e. The summed E-state index contributed by atoms with van der Waals surface area (Å²) >= 11 is 23.1. The third-order valence-electron chi connectivity index (χ3n) is 2.32. The quantitative estimate of drug-likeness (QED) is 0.734. The summed E-state index contributed by atoms with van der Waals surface area (Å²) < 4.78 is 26.1. The molecule has 110 valence electrons. The summed E-state index contributed by atoms with van der Waals surface area (Å²) in [5.74, 6) is -2.54. The molecule has 0 saturated carbocycles. The summed E-state index contributed by atoms with van der Waals surface area (Å²) in [6.45, 7) is 0. The SMILES string of the molecule is O=C(Nc1cc(F)cc(F)c1)c1nc(Cl)c(Cl)c(Cl)c1Cl. The van der Waals surface area contributed by atoms with Crippen molar-refractivity contribution in [2.45, 2.75) is 0 Å². The van der Waals surface area contributed by atoms with Crippen LogP contribution in [-0.4, -0.2) is 10.9 Å². The number of nitrogens with zero attached hydrogens (tertiary/aromatic N) is 1. The zero-order valence-electron chi connectivity index (χ0n) is 9.86. The van der Waals surface area contributed by atoms with Crippen LogP contribution in [0.25, 0.3) is 0 Å². The minimum atomic E-state index is -0.850. The summed E-state index contributed by atoms with van der Waals surface area (Å²) in [5, 5.41) is 1.54. The number of amides is 1. The molecule has 2 aromatic rings. The number of hydrogen-bond donors (Lipinski definition) is 1. The zero-order valence-corrected chi connectivity index (χ0v) is 12.9. The predicted molar refractivity (Wildman–Crippen MR) is 78.6 cm³/mol. The number of hydrogen-bond acceptors (Lipinski definition) is 2. The number of carbonyl (C=O) groups is 1. The van der Waals surface area contributed by atoms with Gasteiger partial charge in [-0.2, -0.15) is 0 Å². The molecule has 21 heavy (non-hydrogen) atoms. The van der Waals surface area contributed by atoms with Crippen LogP contribution < -0.4 is 5.32 Å².